The molecule has 172 valence electrons. The van der Waals surface area contributed by atoms with E-state index in [4.69, 9.17) is 16.2 Å². The molecule has 2 amide bonds. The van der Waals surface area contributed by atoms with Gasteiger partial charge in [-0.2, -0.15) is 0 Å². The molecular formula is C24H20N4O6. The zero-order valence-electron chi connectivity index (χ0n) is 17.7. The normalized spacial score (nSPS) is 10.2. The van der Waals surface area contributed by atoms with Gasteiger partial charge in [0.05, 0.1) is 5.56 Å². The summed E-state index contributed by atoms with van der Waals surface area (Å²) in [5, 5.41) is 30.8. The zero-order valence-corrected chi connectivity index (χ0v) is 17.7. The standard InChI is InChI=1S/C24H20N4O6/c25-21(26)13-5-8-15(9-6-13)28-23(32)18-4-2-1-3-16(18)17-10-7-14(11-19(17)24(33)34)22(31)27-12-20(29)30/h1-11H,12H2,(H3,25,26)(H,27,31)(H,28,32)(H,29,30)(H,33,34). The van der Waals surface area contributed by atoms with E-state index in [9.17, 15) is 24.3 Å². The molecule has 3 aromatic carbocycles. The second-order valence-electron chi connectivity index (χ2n) is 7.13. The molecule has 10 heteroatoms. The zero-order chi connectivity index (χ0) is 24.8. The molecular weight excluding hydrogens is 440 g/mol. The van der Waals surface area contributed by atoms with E-state index >= 15 is 0 Å². The lowest BCUT2D eigenvalue weighted by Gasteiger charge is -2.14. The molecule has 0 aliphatic heterocycles. The van der Waals surface area contributed by atoms with Gasteiger partial charge in [0.2, 0.25) is 0 Å². The van der Waals surface area contributed by atoms with E-state index in [1.54, 1.807) is 42.5 Å². The van der Waals surface area contributed by atoms with Gasteiger partial charge in [0.15, 0.2) is 0 Å². The predicted octanol–water partition coefficient (Wildman–Crippen LogP) is 2.40. The number of amides is 2. The molecule has 0 heterocycles. The van der Waals surface area contributed by atoms with E-state index in [1.165, 1.54) is 18.2 Å². The lowest BCUT2D eigenvalue weighted by Crippen LogP contribution is -2.29. The Morgan fingerprint density at radius 3 is 2.03 bits per heavy atom. The summed E-state index contributed by atoms with van der Waals surface area (Å²) in [6.07, 6.45) is 0. The van der Waals surface area contributed by atoms with E-state index in [0.29, 0.717) is 16.8 Å². The van der Waals surface area contributed by atoms with Crippen LogP contribution in [0.3, 0.4) is 0 Å². The van der Waals surface area contributed by atoms with E-state index < -0.39 is 30.3 Å². The first-order valence-electron chi connectivity index (χ1n) is 9.90. The number of aromatic carboxylic acids is 1. The van der Waals surface area contributed by atoms with Crippen molar-refractivity contribution in [1.29, 1.82) is 5.41 Å². The van der Waals surface area contributed by atoms with E-state index in [-0.39, 0.29) is 28.1 Å². The second-order valence-corrected chi connectivity index (χ2v) is 7.13. The second kappa shape index (κ2) is 10.1. The highest BCUT2D eigenvalue weighted by Crippen LogP contribution is 2.29. The third-order valence-corrected chi connectivity index (χ3v) is 4.83. The van der Waals surface area contributed by atoms with Gasteiger partial charge >= 0.3 is 11.9 Å². The molecule has 10 nitrogen and oxygen atoms in total. The van der Waals surface area contributed by atoms with Gasteiger partial charge in [0.25, 0.3) is 11.8 Å². The Morgan fingerprint density at radius 2 is 1.41 bits per heavy atom. The summed E-state index contributed by atoms with van der Waals surface area (Å²) in [6.45, 7) is -0.612. The summed E-state index contributed by atoms with van der Waals surface area (Å²) in [6, 6.07) is 16.6. The molecule has 0 saturated heterocycles. The van der Waals surface area contributed by atoms with Crippen LogP contribution in [0.4, 0.5) is 5.69 Å². The van der Waals surface area contributed by atoms with Crippen LogP contribution in [0.25, 0.3) is 11.1 Å². The van der Waals surface area contributed by atoms with Gasteiger partial charge in [-0.3, -0.25) is 19.8 Å². The van der Waals surface area contributed by atoms with Gasteiger partial charge in [-0.1, -0.05) is 24.3 Å². The molecule has 34 heavy (non-hydrogen) atoms. The van der Waals surface area contributed by atoms with Crippen molar-refractivity contribution < 1.29 is 29.4 Å². The van der Waals surface area contributed by atoms with Crippen LogP contribution in [-0.2, 0) is 4.79 Å². The quantitative estimate of drug-likeness (QED) is 0.220. The molecule has 0 atom stereocenters. The largest absolute Gasteiger partial charge is 0.480 e. The van der Waals surface area contributed by atoms with Crippen LogP contribution in [0, 0.1) is 5.41 Å². The summed E-state index contributed by atoms with van der Waals surface area (Å²) in [5.41, 5.74) is 6.86. The Balaban J connectivity index is 1.95. The Labute approximate surface area is 193 Å². The van der Waals surface area contributed by atoms with Gasteiger partial charge in [-0.15, -0.1) is 0 Å². The van der Waals surface area contributed by atoms with Gasteiger partial charge in [0, 0.05) is 22.4 Å². The number of anilines is 1. The number of amidine groups is 1. The number of carbonyl (C=O) groups excluding carboxylic acids is 2. The summed E-state index contributed by atoms with van der Waals surface area (Å²) in [7, 11) is 0. The van der Waals surface area contributed by atoms with Gasteiger partial charge in [0.1, 0.15) is 12.4 Å². The first-order chi connectivity index (χ1) is 16.2. The number of carboxylic acids is 2. The van der Waals surface area contributed by atoms with Crippen molar-refractivity contribution in [2.45, 2.75) is 0 Å². The Hall–Kier alpha value is -4.99. The van der Waals surface area contributed by atoms with Crippen molar-refractivity contribution >= 4 is 35.3 Å². The van der Waals surface area contributed by atoms with E-state index in [2.05, 4.69) is 10.6 Å². The number of carbonyl (C=O) groups is 4. The smallest absolute Gasteiger partial charge is 0.336 e. The lowest BCUT2D eigenvalue weighted by atomic mass is 9.93. The molecule has 7 N–H and O–H groups in total. The van der Waals surface area contributed by atoms with Crippen molar-refractivity contribution in [1.82, 2.24) is 5.32 Å². The lowest BCUT2D eigenvalue weighted by molar-refractivity contribution is -0.135. The SMILES string of the molecule is N=C(N)c1ccc(NC(=O)c2ccccc2-c2ccc(C(=O)NCC(=O)O)cc2C(=O)O)cc1. The van der Waals surface area contributed by atoms with Crippen LogP contribution >= 0.6 is 0 Å². The number of rotatable bonds is 8. The molecule has 0 aromatic heterocycles. The fourth-order valence-corrected chi connectivity index (χ4v) is 3.20. The maximum Gasteiger partial charge on any atom is 0.336 e. The highest BCUT2D eigenvalue weighted by Gasteiger charge is 2.20. The van der Waals surface area contributed by atoms with Crippen molar-refractivity contribution in [3.8, 4) is 11.1 Å². The number of nitrogen functional groups attached to an aromatic ring is 1. The van der Waals surface area contributed by atoms with Crippen molar-refractivity contribution in [2.75, 3.05) is 11.9 Å². The fourth-order valence-electron chi connectivity index (χ4n) is 3.20. The average Bonchev–Trinajstić information content (AvgIpc) is 2.82. The molecule has 0 bridgehead atoms. The maximum absolute atomic E-state index is 13.0. The molecule has 0 aliphatic carbocycles. The molecule has 0 unspecified atom stereocenters. The summed E-state index contributed by atoms with van der Waals surface area (Å²) in [4.78, 5) is 47.8. The van der Waals surface area contributed by atoms with E-state index in [0.717, 1.165) is 6.07 Å². The molecule has 0 radical (unpaired) electrons. The Bertz CT molecular complexity index is 1300. The minimum Gasteiger partial charge on any atom is -0.480 e. The van der Waals surface area contributed by atoms with Gasteiger partial charge < -0.3 is 26.6 Å². The molecule has 0 spiro atoms. The highest BCUT2D eigenvalue weighted by molar-refractivity contribution is 6.11. The van der Waals surface area contributed by atoms with Crippen molar-refractivity contribution in [2.24, 2.45) is 5.73 Å². The van der Waals surface area contributed by atoms with Crippen LogP contribution in [0.5, 0.6) is 0 Å². The van der Waals surface area contributed by atoms with Gasteiger partial charge in [-0.05, 0) is 53.6 Å². The molecule has 0 aliphatic rings. The number of aliphatic carboxylic acids is 1. The number of nitrogens with two attached hydrogens (primary N) is 1. The van der Waals surface area contributed by atoms with Crippen molar-refractivity contribution in [3.63, 3.8) is 0 Å². The van der Waals surface area contributed by atoms with Crippen LogP contribution in [0.1, 0.15) is 36.6 Å². The molecule has 0 saturated carbocycles. The predicted molar refractivity (Wildman–Crippen MR) is 124 cm³/mol. The van der Waals surface area contributed by atoms with E-state index in [1.807, 2.05) is 0 Å². The molecule has 0 fully saturated rings. The Kier molecular flexibility index (Phi) is 7.02. The Morgan fingerprint density at radius 1 is 0.794 bits per heavy atom. The fraction of sp³-hybridized carbons (Fsp3) is 0.0417. The molecule has 3 rings (SSSR count). The number of nitrogens with one attached hydrogen (secondary N) is 3. The summed E-state index contributed by atoms with van der Waals surface area (Å²) < 4.78 is 0. The third kappa shape index (κ3) is 5.43. The highest BCUT2D eigenvalue weighted by atomic mass is 16.4. The van der Waals surface area contributed by atoms with Crippen LogP contribution < -0.4 is 16.4 Å². The number of hydrogen-bond acceptors (Lipinski definition) is 5. The topological polar surface area (TPSA) is 183 Å². The minimum atomic E-state index is -1.32. The number of benzene rings is 3. The van der Waals surface area contributed by atoms with Crippen LogP contribution in [-0.4, -0.2) is 46.3 Å². The number of hydrogen-bond donors (Lipinski definition) is 6. The first kappa shape index (κ1) is 23.7. The minimum absolute atomic E-state index is 0.0325. The number of carboxylic acid groups (broad SMARTS) is 2. The first-order valence-corrected chi connectivity index (χ1v) is 9.90. The summed E-state index contributed by atoms with van der Waals surface area (Å²) >= 11 is 0. The average molecular weight is 460 g/mol. The summed E-state index contributed by atoms with van der Waals surface area (Å²) in [5.74, 6) is -3.90. The molecule has 3 aromatic rings. The third-order valence-electron chi connectivity index (χ3n) is 4.83. The van der Waals surface area contributed by atoms with Crippen molar-refractivity contribution in [3.05, 3.63) is 89.0 Å². The van der Waals surface area contributed by atoms with Crippen LogP contribution in [0.2, 0.25) is 0 Å². The maximum atomic E-state index is 13.0. The van der Waals surface area contributed by atoms with Gasteiger partial charge in [-0.25, -0.2) is 4.79 Å². The van der Waals surface area contributed by atoms with Crippen LogP contribution in [0.15, 0.2) is 66.7 Å². The monoisotopic (exact) mass is 460 g/mol.